The molecule has 1 atom stereocenters. The van der Waals surface area contributed by atoms with Crippen LogP contribution in [0.5, 0.6) is 0 Å². The van der Waals surface area contributed by atoms with E-state index in [0.717, 1.165) is 59.2 Å². The van der Waals surface area contributed by atoms with Crippen LogP contribution in [0.15, 0.2) is 78.9 Å². The Balaban J connectivity index is 0.00000408. The average molecular weight is 612 g/mol. The van der Waals surface area contributed by atoms with Crippen molar-refractivity contribution in [2.75, 3.05) is 31.1 Å². The highest BCUT2D eigenvalue weighted by Gasteiger charge is 2.26. The molecule has 0 saturated carbocycles. The Bertz CT molecular complexity index is 1020. The first-order valence-corrected chi connectivity index (χ1v) is 12.1. The molecular weight excluding hydrogens is 580 g/mol. The molecule has 0 aliphatic rings. The van der Waals surface area contributed by atoms with Gasteiger partial charge in [-0.1, -0.05) is 65.7 Å². The Kier molecular flexibility index (Phi) is 11.6. The largest absolute Gasteiger partial charge is 1.00 e. The molecular formula is C27H32Cl2IN3O. The van der Waals surface area contributed by atoms with Crippen LogP contribution in [-0.4, -0.2) is 36.7 Å². The third-order valence-corrected chi connectivity index (χ3v) is 6.74. The van der Waals surface area contributed by atoms with Crippen LogP contribution >= 0.6 is 23.2 Å². The highest BCUT2D eigenvalue weighted by Crippen LogP contribution is 2.21. The highest BCUT2D eigenvalue weighted by molar-refractivity contribution is 6.30. The van der Waals surface area contributed by atoms with Gasteiger partial charge < -0.3 is 34.2 Å². The average Bonchev–Trinajstić information content (AvgIpc) is 2.83. The fourth-order valence-corrected chi connectivity index (χ4v) is 4.48. The number of anilines is 1. The van der Waals surface area contributed by atoms with Gasteiger partial charge in [0.25, 0.3) is 0 Å². The molecule has 7 heteroatoms. The summed E-state index contributed by atoms with van der Waals surface area (Å²) in [6.45, 7) is 6.63. The molecule has 34 heavy (non-hydrogen) atoms. The van der Waals surface area contributed by atoms with Gasteiger partial charge in [0.2, 0.25) is 0 Å². The quantitative estimate of drug-likeness (QED) is 0.262. The first-order valence-electron chi connectivity index (χ1n) is 11.4. The van der Waals surface area contributed by atoms with E-state index in [4.69, 9.17) is 28.9 Å². The summed E-state index contributed by atoms with van der Waals surface area (Å²) in [5.41, 5.74) is 9.06. The number of para-hydroxylation sites is 1. The van der Waals surface area contributed by atoms with Gasteiger partial charge in [-0.2, -0.15) is 0 Å². The number of amides is 2. The van der Waals surface area contributed by atoms with E-state index in [1.807, 2.05) is 54.6 Å². The summed E-state index contributed by atoms with van der Waals surface area (Å²) in [5.74, 6) is 0. The second kappa shape index (κ2) is 13.9. The number of halogens is 3. The summed E-state index contributed by atoms with van der Waals surface area (Å²) in [6, 6.07) is 25.4. The number of benzene rings is 3. The normalized spacial score (nSPS) is 12.4. The van der Waals surface area contributed by atoms with Crippen molar-refractivity contribution >= 4 is 34.9 Å². The van der Waals surface area contributed by atoms with Crippen molar-refractivity contribution in [2.45, 2.75) is 26.3 Å². The number of nitrogens with zero attached hydrogens (tertiary/aromatic N) is 2. The van der Waals surface area contributed by atoms with Gasteiger partial charge in [0.05, 0.1) is 19.6 Å². The van der Waals surface area contributed by atoms with Crippen molar-refractivity contribution in [2.24, 2.45) is 5.73 Å². The molecule has 3 aromatic rings. The van der Waals surface area contributed by atoms with Gasteiger partial charge in [0.1, 0.15) is 6.54 Å². The third-order valence-electron chi connectivity index (χ3n) is 6.24. The first kappa shape index (κ1) is 28.4. The molecule has 182 valence electrons. The van der Waals surface area contributed by atoms with Crippen LogP contribution in [0, 0.1) is 0 Å². The number of hydrogen-bond acceptors (Lipinski definition) is 1. The Hall–Kier alpha value is -1.80. The number of likely N-dealkylation sites (N-methyl/N-ethyl adjacent to an activating group) is 1. The Morgan fingerprint density at radius 1 is 0.853 bits per heavy atom. The number of nitrogens with two attached hydrogens (primary N) is 1. The van der Waals surface area contributed by atoms with Crippen LogP contribution in [0.2, 0.25) is 10.0 Å². The molecule has 3 aromatic carbocycles. The zero-order chi connectivity index (χ0) is 23.7. The lowest BCUT2D eigenvalue weighted by Gasteiger charge is -2.39. The van der Waals surface area contributed by atoms with Crippen molar-refractivity contribution in [1.29, 1.82) is 0 Å². The van der Waals surface area contributed by atoms with Crippen LogP contribution < -0.4 is 34.6 Å². The molecule has 0 radical (unpaired) electrons. The van der Waals surface area contributed by atoms with Crippen LogP contribution in [-0.2, 0) is 13.0 Å². The van der Waals surface area contributed by atoms with E-state index < -0.39 is 6.03 Å². The van der Waals surface area contributed by atoms with Gasteiger partial charge in [-0.25, -0.2) is 4.79 Å². The predicted molar refractivity (Wildman–Crippen MR) is 139 cm³/mol. The minimum atomic E-state index is -0.422. The van der Waals surface area contributed by atoms with E-state index in [1.165, 1.54) is 11.1 Å². The number of hydrogen-bond donors (Lipinski definition) is 1. The molecule has 0 spiro atoms. The van der Waals surface area contributed by atoms with Crippen LogP contribution in [0.4, 0.5) is 10.5 Å². The van der Waals surface area contributed by atoms with E-state index in [9.17, 15) is 4.79 Å². The number of carbonyl (C=O) groups excluding carboxylic acids is 1. The molecule has 0 aliphatic heterocycles. The van der Waals surface area contributed by atoms with Crippen LogP contribution in [0.25, 0.3) is 0 Å². The lowest BCUT2D eigenvalue weighted by molar-refractivity contribution is -0.939. The Labute approximate surface area is 230 Å². The lowest BCUT2D eigenvalue weighted by atomic mass is 10.1. The monoisotopic (exact) mass is 611 g/mol. The minimum absolute atomic E-state index is 0. The zero-order valence-electron chi connectivity index (χ0n) is 19.5. The van der Waals surface area contributed by atoms with E-state index in [1.54, 1.807) is 4.90 Å². The van der Waals surface area contributed by atoms with Crippen molar-refractivity contribution in [3.05, 3.63) is 100 Å². The Morgan fingerprint density at radius 3 is 1.94 bits per heavy atom. The Morgan fingerprint density at radius 2 is 1.41 bits per heavy atom. The van der Waals surface area contributed by atoms with Crippen LogP contribution in [0.3, 0.4) is 0 Å². The standard InChI is InChI=1S/C27H31Cl2N3O.HI/c1-2-32(21-23-11-15-25(29)16-12-23,20-17-22-9-13-24(28)14-10-22)19-6-18-31(27(30)33)26-7-4-3-5-8-26;/h3-5,7-16H,2,6,17-21H2,1H3,(H-,30,33);1H. The van der Waals surface area contributed by atoms with E-state index in [0.29, 0.717) is 6.54 Å². The fraction of sp³-hybridized carbons (Fsp3) is 0.296. The van der Waals surface area contributed by atoms with Gasteiger partial charge in [-0.05, 0) is 48.9 Å². The molecule has 2 amide bonds. The number of primary amides is 1. The molecule has 0 aromatic heterocycles. The summed E-state index contributed by atoms with van der Waals surface area (Å²) in [7, 11) is 0. The van der Waals surface area contributed by atoms with Gasteiger partial charge in [0, 0.05) is 40.7 Å². The molecule has 0 fully saturated rings. The second-order valence-corrected chi connectivity index (χ2v) is 9.32. The number of quaternary nitrogens is 1. The summed E-state index contributed by atoms with van der Waals surface area (Å²) in [4.78, 5) is 13.8. The molecule has 2 N–H and O–H groups in total. The minimum Gasteiger partial charge on any atom is -1.00 e. The predicted octanol–water partition coefficient (Wildman–Crippen LogP) is 3.55. The van der Waals surface area contributed by atoms with Crippen molar-refractivity contribution in [3.63, 3.8) is 0 Å². The SMILES string of the molecule is CC[N+](CCCN(C(N)=O)c1ccccc1)(CCc1ccc(Cl)cc1)Cc1ccc(Cl)cc1.[I-]. The van der Waals surface area contributed by atoms with Gasteiger partial charge >= 0.3 is 6.03 Å². The van der Waals surface area contributed by atoms with Gasteiger partial charge in [0.15, 0.2) is 0 Å². The number of carbonyl (C=O) groups is 1. The summed E-state index contributed by atoms with van der Waals surface area (Å²) >= 11 is 12.2. The van der Waals surface area contributed by atoms with Gasteiger partial charge in [-0.15, -0.1) is 0 Å². The summed E-state index contributed by atoms with van der Waals surface area (Å²) in [5, 5.41) is 1.50. The maximum atomic E-state index is 12.1. The van der Waals surface area contributed by atoms with Gasteiger partial charge in [-0.3, -0.25) is 4.90 Å². The number of rotatable bonds is 11. The van der Waals surface area contributed by atoms with Crippen molar-refractivity contribution < 1.29 is 33.3 Å². The zero-order valence-corrected chi connectivity index (χ0v) is 23.1. The molecule has 0 bridgehead atoms. The van der Waals surface area contributed by atoms with Crippen molar-refractivity contribution in [1.82, 2.24) is 0 Å². The van der Waals surface area contributed by atoms with E-state index in [2.05, 4.69) is 31.2 Å². The summed E-state index contributed by atoms with van der Waals surface area (Å²) < 4.78 is 0.908. The molecule has 0 saturated heterocycles. The fourth-order valence-electron chi connectivity index (χ4n) is 4.23. The number of urea groups is 1. The maximum Gasteiger partial charge on any atom is 0.319 e. The molecule has 3 rings (SSSR count). The maximum absolute atomic E-state index is 12.1. The van der Waals surface area contributed by atoms with E-state index >= 15 is 0 Å². The molecule has 1 unspecified atom stereocenters. The topological polar surface area (TPSA) is 46.3 Å². The van der Waals surface area contributed by atoms with Crippen molar-refractivity contribution in [3.8, 4) is 0 Å². The third kappa shape index (κ3) is 8.45. The second-order valence-electron chi connectivity index (χ2n) is 8.45. The molecule has 4 nitrogen and oxygen atoms in total. The first-order chi connectivity index (χ1) is 15.9. The van der Waals surface area contributed by atoms with E-state index in [-0.39, 0.29) is 24.0 Å². The lowest BCUT2D eigenvalue weighted by Crippen LogP contribution is -3.00. The summed E-state index contributed by atoms with van der Waals surface area (Å²) in [6.07, 6.45) is 1.80. The smallest absolute Gasteiger partial charge is 0.319 e. The molecule has 0 aliphatic carbocycles. The highest BCUT2D eigenvalue weighted by atomic mass is 127. The molecule has 0 heterocycles. The van der Waals surface area contributed by atoms with Crippen LogP contribution in [0.1, 0.15) is 24.5 Å².